The van der Waals surface area contributed by atoms with Crippen molar-refractivity contribution < 1.29 is 9.53 Å². The molecule has 0 fully saturated rings. The third kappa shape index (κ3) is 3.37. The molecule has 0 aliphatic rings. The lowest BCUT2D eigenvalue weighted by Crippen LogP contribution is -2.26. The number of benzene rings is 1. The van der Waals surface area contributed by atoms with Gasteiger partial charge in [0, 0.05) is 30.4 Å². The Morgan fingerprint density at radius 2 is 2.30 bits per heavy atom. The molecule has 8 nitrogen and oxygen atoms in total. The zero-order chi connectivity index (χ0) is 16.1. The predicted molar refractivity (Wildman–Crippen MR) is 82.5 cm³/mol. The van der Waals surface area contributed by atoms with E-state index in [0.717, 1.165) is 12.1 Å². The highest BCUT2D eigenvalue weighted by atomic mass is 16.5. The summed E-state index contributed by atoms with van der Waals surface area (Å²) in [4.78, 5) is 15.4. The summed E-state index contributed by atoms with van der Waals surface area (Å²) in [6, 6.07) is 9.03. The second-order valence-electron chi connectivity index (χ2n) is 4.84. The summed E-state index contributed by atoms with van der Waals surface area (Å²) < 4.78 is 6.73. The molecular formula is C15H16N6O2. The number of hydrogen-bond donors (Lipinski definition) is 2. The third-order valence-corrected chi connectivity index (χ3v) is 3.38. The summed E-state index contributed by atoms with van der Waals surface area (Å²) >= 11 is 0. The van der Waals surface area contributed by atoms with Crippen LogP contribution in [0.25, 0.3) is 5.69 Å². The van der Waals surface area contributed by atoms with Gasteiger partial charge in [-0.3, -0.25) is 4.79 Å². The van der Waals surface area contributed by atoms with Crippen LogP contribution in [0.1, 0.15) is 16.1 Å². The fourth-order valence-corrected chi connectivity index (χ4v) is 2.22. The van der Waals surface area contributed by atoms with Gasteiger partial charge in [-0.1, -0.05) is 0 Å². The SMILES string of the molecule is COc1ccc(C(=O)NCCc2ccc[nH]2)cc1-n1cnnn1. The number of amides is 1. The van der Waals surface area contributed by atoms with Gasteiger partial charge in [0.15, 0.2) is 0 Å². The van der Waals surface area contributed by atoms with Crippen molar-refractivity contribution in [2.45, 2.75) is 6.42 Å². The van der Waals surface area contributed by atoms with Crippen molar-refractivity contribution in [1.29, 1.82) is 0 Å². The molecule has 0 unspecified atom stereocenters. The van der Waals surface area contributed by atoms with E-state index in [4.69, 9.17) is 4.74 Å². The minimum absolute atomic E-state index is 0.159. The number of carbonyl (C=O) groups excluding carboxylic acids is 1. The molecule has 0 bridgehead atoms. The lowest BCUT2D eigenvalue weighted by molar-refractivity contribution is 0.0954. The zero-order valence-electron chi connectivity index (χ0n) is 12.6. The van der Waals surface area contributed by atoms with E-state index >= 15 is 0 Å². The average Bonchev–Trinajstić information content (AvgIpc) is 3.27. The van der Waals surface area contributed by atoms with Crippen molar-refractivity contribution in [1.82, 2.24) is 30.5 Å². The molecule has 0 spiro atoms. The number of aromatic amines is 1. The van der Waals surface area contributed by atoms with E-state index in [-0.39, 0.29) is 5.91 Å². The van der Waals surface area contributed by atoms with Crippen LogP contribution in [-0.4, -0.2) is 44.8 Å². The molecule has 2 heterocycles. The fraction of sp³-hybridized carbons (Fsp3) is 0.200. The van der Waals surface area contributed by atoms with Crippen molar-refractivity contribution in [2.24, 2.45) is 0 Å². The van der Waals surface area contributed by atoms with Gasteiger partial charge in [-0.25, -0.2) is 0 Å². The highest BCUT2D eigenvalue weighted by molar-refractivity contribution is 5.95. The molecule has 1 amide bonds. The third-order valence-electron chi connectivity index (χ3n) is 3.38. The normalized spacial score (nSPS) is 10.5. The first kappa shape index (κ1) is 14.8. The zero-order valence-corrected chi connectivity index (χ0v) is 12.6. The van der Waals surface area contributed by atoms with E-state index in [1.807, 2.05) is 18.3 Å². The second-order valence-corrected chi connectivity index (χ2v) is 4.84. The Kier molecular flexibility index (Phi) is 4.32. The molecule has 0 saturated carbocycles. The van der Waals surface area contributed by atoms with Gasteiger partial charge in [0.1, 0.15) is 17.8 Å². The molecule has 2 aromatic heterocycles. The predicted octanol–water partition coefficient (Wildman–Crippen LogP) is 0.971. The number of carbonyl (C=O) groups is 1. The van der Waals surface area contributed by atoms with Gasteiger partial charge in [0.2, 0.25) is 0 Å². The topological polar surface area (TPSA) is 97.7 Å². The molecule has 0 saturated heterocycles. The molecule has 3 rings (SSSR count). The Hall–Kier alpha value is -3.16. The number of hydrogen-bond acceptors (Lipinski definition) is 5. The van der Waals surface area contributed by atoms with E-state index in [0.29, 0.717) is 23.5 Å². The van der Waals surface area contributed by atoms with Crippen LogP contribution >= 0.6 is 0 Å². The summed E-state index contributed by atoms with van der Waals surface area (Å²) in [7, 11) is 1.55. The largest absolute Gasteiger partial charge is 0.494 e. The highest BCUT2D eigenvalue weighted by Gasteiger charge is 2.12. The number of tetrazole rings is 1. The Morgan fingerprint density at radius 1 is 1.39 bits per heavy atom. The van der Waals surface area contributed by atoms with Crippen LogP contribution in [0.3, 0.4) is 0 Å². The van der Waals surface area contributed by atoms with Crippen LogP contribution in [0.4, 0.5) is 0 Å². The van der Waals surface area contributed by atoms with E-state index in [2.05, 4.69) is 25.8 Å². The number of rotatable bonds is 6. The molecule has 8 heteroatoms. The average molecular weight is 312 g/mol. The molecule has 0 atom stereocenters. The van der Waals surface area contributed by atoms with E-state index in [1.54, 1.807) is 25.3 Å². The molecule has 1 aromatic carbocycles. The van der Waals surface area contributed by atoms with Crippen molar-refractivity contribution in [3.05, 3.63) is 54.1 Å². The van der Waals surface area contributed by atoms with Gasteiger partial charge in [0.05, 0.1) is 7.11 Å². The van der Waals surface area contributed by atoms with Gasteiger partial charge in [0.25, 0.3) is 5.91 Å². The maximum Gasteiger partial charge on any atom is 0.251 e. The van der Waals surface area contributed by atoms with Crippen LogP contribution in [0.15, 0.2) is 42.9 Å². The lowest BCUT2D eigenvalue weighted by atomic mass is 10.1. The van der Waals surface area contributed by atoms with Gasteiger partial charge in [-0.2, -0.15) is 4.68 Å². The number of aromatic nitrogens is 5. The summed E-state index contributed by atoms with van der Waals surface area (Å²) in [5.74, 6) is 0.425. The van der Waals surface area contributed by atoms with E-state index in [9.17, 15) is 4.79 Å². The van der Waals surface area contributed by atoms with Crippen LogP contribution in [0, 0.1) is 0 Å². The minimum atomic E-state index is -0.159. The molecule has 23 heavy (non-hydrogen) atoms. The molecule has 0 radical (unpaired) electrons. The van der Waals surface area contributed by atoms with Crippen molar-refractivity contribution in [3.63, 3.8) is 0 Å². The first-order chi connectivity index (χ1) is 11.3. The van der Waals surface area contributed by atoms with Gasteiger partial charge in [-0.15, -0.1) is 5.10 Å². The minimum Gasteiger partial charge on any atom is -0.494 e. The van der Waals surface area contributed by atoms with Crippen LogP contribution in [0.5, 0.6) is 5.75 Å². The van der Waals surface area contributed by atoms with Crippen LogP contribution in [0.2, 0.25) is 0 Å². The number of nitrogens with one attached hydrogen (secondary N) is 2. The van der Waals surface area contributed by atoms with Crippen molar-refractivity contribution in [2.75, 3.05) is 13.7 Å². The maximum absolute atomic E-state index is 12.3. The fourth-order valence-electron chi connectivity index (χ4n) is 2.22. The van der Waals surface area contributed by atoms with Crippen molar-refractivity contribution >= 4 is 5.91 Å². The van der Waals surface area contributed by atoms with Gasteiger partial charge >= 0.3 is 0 Å². The monoisotopic (exact) mass is 312 g/mol. The molecule has 0 aliphatic heterocycles. The number of H-pyrrole nitrogens is 1. The number of methoxy groups -OCH3 is 1. The molecule has 118 valence electrons. The van der Waals surface area contributed by atoms with Gasteiger partial charge < -0.3 is 15.0 Å². The quantitative estimate of drug-likeness (QED) is 0.707. The maximum atomic E-state index is 12.3. The molecule has 3 aromatic rings. The van der Waals surface area contributed by atoms with E-state index < -0.39 is 0 Å². The highest BCUT2D eigenvalue weighted by Crippen LogP contribution is 2.22. The smallest absolute Gasteiger partial charge is 0.251 e. The Morgan fingerprint density at radius 3 is 3.00 bits per heavy atom. The summed E-state index contributed by atoms with van der Waals surface area (Å²) in [6.07, 6.45) is 4.05. The molecule has 0 aliphatic carbocycles. The van der Waals surface area contributed by atoms with Crippen LogP contribution in [-0.2, 0) is 6.42 Å². The summed E-state index contributed by atoms with van der Waals surface area (Å²) in [5, 5.41) is 13.9. The van der Waals surface area contributed by atoms with Gasteiger partial charge in [-0.05, 0) is 40.8 Å². The van der Waals surface area contributed by atoms with E-state index in [1.165, 1.54) is 11.0 Å². The Labute approximate surface area is 132 Å². The first-order valence-electron chi connectivity index (χ1n) is 7.10. The standard InChI is InChI=1S/C15H16N6O2/c1-23-14-5-4-11(9-13(14)21-10-18-19-20-21)15(22)17-8-6-12-3-2-7-16-12/h2-5,7,9-10,16H,6,8H2,1H3,(H,17,22). The second kappa shape index (κ2) is 6.73. The van der Waals surface area contributed by atoms with Crippen LogP contribution < -0.4 is 10.1 Å². The Bertz CT molecular complexity index is 767. The number of nitrogens with zero attached hydrogens (tertiary/aromatic N) is 4. The molecule has 2 N–H and O–H groups in total. The first-order valence-corrected chi connectivity index (χ1v) is 7.10. The summed E-state index contributed by atoms with van der Waals surface area (Å²) in [6.45, 7) is 0.547. The lowest BCUT2D eigenvalue weighted by Gasteiger charge is -2.10. The Balaban J connectivity index is 1.72. The van der Waals surface area contributed by atoms with Crippen molar-refractivity contribution in [3.8, 4) is 11.4 Å². The summed E-state index contributed by atoms with van der Waals surface area (Å²) in [5.41, 5.74) is 2.20. The molecular weight excluding hydrogens is 296 g/mol. The number of ether oxygens (including phenoxy) is 1.